The summed E-state index contributed by atoms with van der Waals surface area (Å²) in [7, 11) is 0. The van der Waals surface area contributed by atoms with Crippen molar-refractivity contribution in [1.82, 2.24) is 9.88 Å². The molecule has 172 valence electrons. The van der Waals surface area contributed by atoms with Gasteiger partial charge in [0, 0.05) is 31.1 Å². The summed E-state index contributed by atoms with van der Waals surface area (Å²) >= 11 is 1.42. The summed E-state index contributed by atoms with van der Waals surface area (Å²) in [6.45, 7) is 2.54. The van der Waals surface area contributed by atoms with Gasteiger partial charge in [-0.25, -0.2) is 4.98 Å². The standard InChI is InChI=1S/C24H25N3O5S/c28-22(8-11-30-17-4-2-1-3-5-17)27-9-6-16(7-10-27)23(29)26-24-25-18-14-19-20(15-21(18)33-24)32-13-12-31-19/h1-5,14-16H,6-13H2,(H,25,26,29). The van der Waals surface area contributed by atoms with Crippen molar-refractivity contribution in [1.29, 1.82) is 0 Å². The molecule has 5 rings (SSSR count). The molecular formula is C24H25N3O5S. The van der Waals surface area contributed by atoms with Crippen molar-refractivity contribution in [3.63, 3.8) is 0 Å². The number of amides is 2. The zero-order valence-electron chi connectivity index (χ0n) is 18.1. The summed E-state index contributed by atoms with van der Waals surface area (Å²) in [6, 6.07) is 13.2. The van der Waals surface area contributed by atoms with Gasteiger partial charge in [0.1, 0.15) is 19.0 Å². The number of thiazole rings is 1. The van der Waals surface area contributed by atoms with E-state index in [9.17, 15) is 9.59 Å². The molecule has 2 aromatic carbocycles. The molecular weight excluding hydrogens is 442 g/mol. The Labute approximate surface area is 195 Å². The second-order valence-corrected chi connectivity index (χ2v) is 9.07. The van der Waals surface area contributed by atoms with Crippen molar-refractivity contribution in [2.24, 2.45) is 5.92 Å². The number of para-hydroxylation sites is 1. The van der Waals surface area contributed by atoms with Crippen LogP contribution in [-0.4, -0.2) is 54.6 Å². The fourth-order valence-electron chi connectivity index (χ4n) is 4.05. The first-order valence-corrected chi connectivity index (χ1v) is 11.9. The lowest BCUT2D eigenvalue weighted by Gasteiger charge is -2.31. The number of fused-ring (bicyclic) bond motifs is 2. The largest absolute Gasteiger partial charge is 0.493 e. The van der Waals surface area contributed by atoms with Crippen molar-refractivity contribution < 1.29 is 23.8 Å². The first-order valence-electron chi connectivity index (χ1n) is 11.1. The topological polar surface area (TPSA) is 90.0 Å². The molecule has 1 fully saturated rings. The molecule has 2 amide bonds. The zero-order chi connectivity index (χ0) is 22.6. The number of aromatic nitrogens is 1. The predicted octanol–water partition coefficient (Wildman–Crippen LogP) is 3.71. The van der Waals surface area contributed by atoms with Gasteiger partial charge >= 0.3 is 0 Å². The second kappa shape index (κ2) is 9.66. The number of likely N-dealkylation sites (tertiary alicyclic amines) is 1. The lowest BCUT2D eigenvalue weighted by atomic mass is 9.96. The number of ether oxygens (including phenoxy) is 3. The highest BCUT2D eigenvalue weighted by molar-refractivity contribution is 7.22. The van der Waals surface area contributed by atoms with Gasteiger partial charge in [0.2, 0.25) is 11.8 Å². The van der Waals surface area contributed by atoms with Crippen molar-refractivity contribution in [2.75, 3.05) is 38.2 Å². The average molecular weight is 468 g/mol. The molecule has 8 nitrogen and oxygen atoms in total. The Morgan fingerprint density at radius 1 is 1.09 bits per heavy atom. The van der Waals surface area contributed by atoms with E-state index in [1.54, 1.807) is 0 Å². The maximum absolute atomic E-state index is 12.8. The fraction of sp³-hybridized carbons (Fsp3) is 0.375. The molecule has 1 saturated heterocycles. The molecule has 0 saturated carbocycles. The van der Waals surface area contributed by atoms with Crippen molar-refractivity contribution >= 4 is 38.5 Å². The molecule has 2 aliphatic rings. The first kappa shape index (κ1) is 21.5. The van der Waals surface area contributed by atoms with Crippen molar-refractivity contribution in [3.05, 3.63) is 42.5 Å². The van der Waals surface area contributed by atoms with Gasteiger partial charge in [0.05, 0.1) is 23.2 Å². The molecule has 0 atom stereocenters. The highest BCUT2D eigenvalue weighted by atomic mass is 32.1. The molecule has 0 radical (unpaired) electrons. The van der Waals surface area contributed by atoms with E-state index in [0.29, 0.717) is 68.8 Å². The third kappa shape index (κ3) is 5.03. The Hall–Kier alpha value is -3.33. The molecule has 3 aromatic rings. The van der Waals surface area contributed by atoms with Crippen LogP contribution in [0.25, 0.3) is 10.2 Å². The molecule has 0 bridgehead atoms. The zero-order valence-corrected chi connectivity index (χ0v) is 18.9. The average Bonchev–Trinajstić information content (AvgIpc) is 3.24. The van der Waals surface area contributed by atoms with Crippen molar-refractivity contribution in [3.8, 4) is 17.2 Å². The smallest absolute Gasteiger partial charge is 0.229 e. The van der Waals surface area contributed by atoms with Gasteiger partial charge in [-0.05, 0) is 25.0 Å². The Bertz CT molecular complexity index is 1100. The van der Waals surface area contributed by atoms with Crippen LogP contribution in [0.2, 0.25) is 0 Å². The number of piperidine rings is 1. The van der Waals surface area contributed by atoms with E-state index >= 15 is 0 Å². The van der Waals surface area contributed by atoms with Crippen LogP contribution >= 0.6 is 11.3 Å². The molecule has 9 heteroatoms. The maximum atomic E-state index is 12.8. The van der Waals surface area contributed by atoms with Crippen LogP contribution in [0, 0.1) is 5.92 Å². The minimum atomic E-state index is -0.137. The van der Waals surface area contributed by atoms with Crippen LogP contribution in [0.1, 0.15) is 19.3 Å². The number of benzene rings is 2. The van der Waals surface area contributed by atoms with Gasteiger partial charge in [-0.1, -0.05) is 29.5 Å². The van der Waals surface area contributed by atoms with E-state index in [4.69, 9.17) is 14.2 Å². The Morgan fingerprint density at radius 3 is 2.58 bits per heavy atom. The van der Waals surface area contributed by atoms with Gasteiger partial charge < -0.3 is 24.4 Å². The van der Waals surface area contributed by atoms with Crippen molar-refractivity contribution in [2.45, 2.75) is 19.3 Å². The maximum Gasteiger partial charge on any atom is 0.229 e. The van der Waals surface area contributed by atoms with Gasteiger partial charge in [-0.3, -0.25) is 9.59 Å². The third-order valence-corrected chi connectivity index (χ3v) is 6.76. The summed E-state index contributed by atoms with van der Waals surface area (Å²) in [5, 5.41) is 3.52. The molecule has 1 N–H and O–H groups in total. The fourth-order valence-corrected chi connectivity index (χ4v) is 4.93. The summed E-state index contributed by atoms with van der Waals surface area (Å²) in [5.74, 6) is 2.03. The van der Waals surface area contributed by atoms with Crippen LogP contribution < -0.4 is 19.5 Å². The van der Waals surface area contributed by atoms with E-state index in [0.717, 1.165) is 16.0 Å². The highest BCUT2D eigenvalue weighted by Crippen LogP contribution is 2.38. The van der Waals surface area contributed by atoms with Gasteiger partial charge in [0.25, 0.3) is 0 Å². The number of rotatable bonds is 6. The third-order valence-electron chi connectivity index (χ3n) is 5.83. The van der Waals surface area contributed by atoms with Crippen LogP contribution in [0.15, 0.2) is 42.5 Å². The van der Waals surface area contributed by atoms with E-state index < -0.39 is 0 Å². The Balaban J connectivity index is 1.10. The summed E-state index contributed by atoms with van der Waals surface area (Å²) < 4.78 is 17.8. The number of hydrogen-bond donors (Lipinski definition) is 1. The van der Waals surface area contributed by atoms with Gasteiger partial charge in [0.15, 0.2) is 16.6 Å². The van der Waals surface area contributed by atoms with Crippen LogP contribution in [0.3, 0.4) is 0 Å². The quantitative estimate of drug-likeness (QED) is 0.594. The Morgan fingerprint density at radius 2 is 1.82 bits per heavy atom. The van der Waals surface area contributed by atoms with Crippen LogP contribution in [0.5, 0.6) is 17.2 Å². The lowest BCUT2D eigenvalue weighted by Crippen LogP contribution is -2.41. The predicted molar refractivity (Wildman–Crippen MR) is 125 cm³/mol. The molecule has 0 aliphatic carbocycles. The molecule has 1 aromatic heterocycles. The highest BCUT2D eigenvalue weighted by Gasteiger charge is 2.28. The van der Waals surface area contributed by atoms with Crippen LogP contribution in [-0.2, 0) is 9.59 Å². The molecule has 0 spiro atoms. The number of carbonyl (C=O) groups excluding carboxylic acids is 2. The molecule has 33 heavy (non-hydrogen) atoms. The summed E-state index contributed by atoms with van der Waals surface area (Å²) in [4.78, 5) is 31.6. The molecule has 2 aliphatic heterocycles. The Kier molecular flexibility index (Phi) is 6.30. The van der Waals surface area contributed by atoms with E-state index in [-0.39, 0.29) is 17.7 Å². The SMILES string of the molecule is O=C(Nc1nc2cc3c(cc2s1)OCCO3)C1CCN(C(=O)CCOc2ccccc2)CC1. The van der Waals surface area contributed by atoms with Crippen LogP contribution in [0.4, 0.5) is 5.13 Å². The van der Waals surface area contributed by atoms with E-state index in [1.165, 1.54) is 11.3 Å². The monoisotopic (exact) mass is 467 g/mol. The summed E-state index contributed by atoms with van der Waals surface area (Å²) in [5.41, 5.74) is 0.776. The lowest BCUT2D eigenvalue weighted by molar-refractivity contribution is -0.135. The molecule has 3 heterocycles. The minimum Gasteiger partial charge on any atom is -0.493 e. The normalized spacial score (nSPS) is 15.9. The number of anilines is 1. The number of carbonyl (C=O) groups is 2. The van der Waals surface area contributed by atoms with Gasteiger partial charge in [-0.15, -0.1) is 0 Å². The summed E-state index contributed by atoms with van der Waals surface area (Å²) in [6.07, 6.45) is 1.60. The number of hydrogen-bond acceptors (Lipinski definition) is 7. The minimum absolute atomic E-state index is 0.0502. The van der Waals surface area contributed by atoms with E-state index in [2.05, 4.69) is 10.3 Å². The number of nitrogens with one attached hydrogen (secondary N) is 1. The van der Waals surface area contributed by atoms with E-state index in [1.807, 2.05) is 47.4 Å². The number of nitrogens with zero attached hydrogens (tertiary/aromatic N) is 2. The second-order valence-electron chi connectivity index (χ2n) is 8.04. The first-order chi connectivity index (χ1) is 16.2. The molecule has 0 unspecified atom stereocenters. The van der Waals surface area contributed by atoms with Gasteiger partial charge in [-0.2, -0.15) is 0 Å².